The molecule has 0 N–H and O–H groups in total. The Bertz CT molecular complexity index is 433. The SMILES string of the molecule is CC(C)c1cnc2ncc(Cl)cn12. The molecular formula is C9H10ClN3. The van der Waals surface area contributed by atoms with Gasteiger partial charge in [0.2, 0.25) is 5.78 Å². The third-order valence-electron chi connectivity index (χ3n) is 1.95. The fourth-order valence-electron chi connectivity index (χ4n) is 1.29. The van der Waals surface area contributed by atoms with Gasteiger partial charge in [0.1, 0.15) is 0 Å². The molecule has 0 bridgehead atoms. The van der Waals surface area contributed by atoms with Gasteiger partial charge in [-0.05, 0) is 5.92 Å². The van der Waals surface area contributed by atoms with Crippen LogP contribution in [0.4, 0.5) is 0 Å². The van der Waals surface area contributed by atoms with Crippen LogP contribution in [0, 0.1) is 0 Å². The van der Waals surface area contributed by atoms with E-state index in [0.29, 0.717) is 16.7 Å². The highest BCUT2D eigenvalue weighted by Gasteiger charge is 2.07. The van der Waals surface area contributed by atoms with Crippen molar-refractivity contribution in [3.8, 4) is 0 Å². The first-order valence-electron chi connectivity index (χ1n) is 4.17. The average Bonchev–Trinajstić information content (AvgIpc) is 2.46. The number of imidazole rings is 1. The minimum absolute atomic E-state index is 0.426. The summed E-state index contributed by atoms with van der Waals surface area (Å²) >= 11 is 5.84. The molecule has 2 heterocycles. The molecule has 0 fully saturated rings. The van der Waals surface area contributed by atoms with Crippen LogP contribution in [0.25, 0.3) is 5.78 Å². The molecule has 0 aliphatic rings. The summed E-state index contributed by atoms with van der Waals surface area (Å²) in [6, 6.07) is 0. The molecule has 0 aliphatic heterocycles. The maximum Gasteiger partial charge on any atom is 0.233 e. The lowest BCUT2D eigenvalue weighted by atomic mass is 10.1. The van der Waals surface area contributed by atoms with Crippen molar-refractivity contribution in [2.45, 2.75) is 19.8 Å². The topological polar surface area (TPSA) is 30.2 Å². The van der Waals surface area contributed by atoms with Gasteiger partial charge in [0, 0.05) is 11.9 Å². The number of hydrogen-bond donors (Lipinski definition) is 0. The van der Waals surface area contributed by atoms with Crippen LogP contribution < -0.4 is 0 Å². The van der Waals surface area contributed by atoms with Gasteiger partial charge >= 0.3 is 0 Å². The van der Waals surface area contributed by atoms with Crippen molar-refractivity contribution in [1.29, 1.82) is 0 Å². The van der Waals surface area contributed by atoms with E-state index in [0.717, 1.165) is 5.69 Å². The summed E-state index contributed by atoms with van der Waals surface area (Å²) in [5.41, 5.74) is 1.13. The maximum atomic E-state index is 5.84. The summed E-state index contributed by atoms with van der Waals surface area (Å²) in [6.45, 7) is 4.23. The fraction of sp³-hybridized carbons (Fsp3) is 0.333. The Labute approximate surface area is 81.4 Å². The molecule has 2 aromatic rings. The standard InChI is InChI=1S/C9H10ClN3/c1-6(2)8-4-12-9-11-3-7(10)5-13(8)9/h3-6H,1-2H3. The molecule has 0 radical (unpaired) electrons. The van der Waals surface area contributed by atoms with Gasteiger partial charge in [0.05, 0.1) is 17.4 Å². The number of hydrogen-bond acceptors (Lipinski definition) is 2. The Morgan fingerprint density at radius 1 is 1.31 bits per heavy atom. The second-order valence-electron chi connectivity index (χ2n) is 3.28. The zero-order valence-electron chi connectivity index (χ0n) is 7.53. The Kier molecular flexibility index (Phi) is 1.96. The lowest BCUT2D eigenvalue weighted by Gasteiger charge is -2.03. The van der Waals surface area contributed by atoms with E-state index in [1.807, 2.05) is 16.8 Å². The zero-order valence-corrected chi connectivity index (χ0v) is 8.28. The van der Waals surface area contributed by atoms with Crippen LogP contribution in [0.1, 0.15) is 25.5 Å². The molecule has 0 saturated heterocycles. The van der Waals surface area contributed by atoms with Gasteiger partial charge in [-0.1, -0.05) is 25.4 Å². The molecule has 2 aromatic heterocycles. The van der Waals surface area contributed by atoms with Crippen LogP contribution in [-0.4, -0.2) is 14.4 Å². The van der Waals surface area contributed by atoms with E-state index in [4.69, 9.17) is 11.6 Å². The molecule has 0 aliphatic carbocycles. The minimum atomic E-state index is 0.426. The molecule has 0 aromatic carbocycles. The first-order valence-corrected chi connectivity index (χ1v) is 4.55. The Hall–Kier alpha value is -1.09. The smallest absolute Gasteiger partial charge is 0.233 e. The zero-order chi connectivity index (χ0) is 9.42. The second kappa shape index (κ2) is 3.00. The van der Waals surface area contributed by atoms with Gasteiger partial charge in [0.25, 0.3) is 0 Å². The molecular weight excluding hydrogens is 186 g/mol. The van der Waals surface area contributed by atoms with E-state index >= 15 is 0 Å². The van der Waals surface area contributed by atoms with Crippen molar-refractivity contribution >= 4 is 17.4 Å². The van der Waals surface area contributed by atoms with Crippen LogP contribution >= 0.6 is 11.6 Å². The van der Waals surface area contributed by atoms with Gasteiger partial charge in [-0.15, -0.1) is 0 Å². The summed E-state index contributed by atoms with van der Waals surface area (Å²) in [7, 11) is 0. The summed E-state index contributed by atoms with van der Waals surface area (Å²) < 4.78 is 1.92. The number of rotatable bonds is 1. The first-order chi connectivity index (χ1) is 6.18. The molecule has 0 unspecified atom stereocenters. The quantitative estimate of drug-likeness (QED) is 0.700. The van der Waals surface area contributed by atoms with E-state index in [9.17, 15) is 0 Å². The van der Waals surface area contributed by atoms with Crippen molar-refractivity contribution < 1.29 is 0 Å². The molecule has 0 spiro atoms. The van der Waals surface area contributed by atoms with Crippen molar-refractivity contribution in [1.82, 2.24) is 14.4 Å². The second-order valence-corrected chi connectivity index (χ2v) is 3.72. The van der Waals surface area contributed by atoms with Gasteiger partial charge in [-0.2, -0.15) is 0 Å². The molecule has 13 heavy (non-hydrogen) atoms. The first kappa shape index (κ1) is 8.51. The summed E-state index contributed by atoms with van der Waals surface area (Å²) in [4.78, 5) is 8.28. The third-order valence-corrected chi connectivity index (χ3v) is 2.15. The molecule has 0 amide bonds. The predicted octanol–water partition coefficient (Wildman–Crippen LogP) is 2.51. The van der Waals surface area contributed by atoms with E-state index in [1.54, 1.807) is 6.20 Å². The third kappa shape index (κ3) is 1.40. The summed E-state index contributed by atoms with van der Waals surface area (Å²) in [6.07, 6.45) is 5.28. The average molecular weight is 196 g/mol. The molecule has 2 rings (SSSR count). The summed E-state index contributed by atoms with van der Waals surface area (Å²) in [5, 5.41) is 0.632. The number of halogens is 1. The number of aromatic nitrogens is 3. The molecule has 68 valence electrons. The monoisotopic (exact) mass is 195 g/mol. The van der Waals surface area contributed by atoms with Crippen molar-refractivity contribution in [2.75, 3.05) is 0 Å². The molecule has 4 heteroatoms. The summed E-state index contributed by atoms with van der Waals surface area (Å²) in [5.74, 6) is 1.13. The Morgan fingerprint density at radius 3 is 2.69 bits per heavy atom. The number of fused-ring (bicyclic) bond motifs is 1. The van der Waals surface area contributed by atoms with Crippen LogP contribution in [0.3, 0.4) is 0 Å². The molecule has 0 saturated carbocycles. The minimum Gasteiger partial charge on any atom is -0.286 e. The van der Waals surface area contributed by atoms with E-state index in [-0.39, 0.29) is 0 Å². The van der Waals surface area contributed by atoms with Crippen LogP contribution in [0.15, 0.2) is 18.6 Å². The fourth-order valence-corrected chi connectivity index (χ4v) is 1.44. The van der Waals surface area contributed by atoms with Gasteiger partial charge in [-0.3, -0.25) is 4.40 Å². The van der Waals surface area contributed by atoms with E-state index in [2.05, 4.69) is 23.8 Å². The van der Waals surface area contributed by atoms with Crippen LogP contribution in [-0.2, 0) is 0 Å². The maximum absolute atomic E-state index is 5.84. The van der Waals surface area contributed by atoms with Crippen molar-refractivity contribution in [2.24, 2.45) is 0 Å². The van der Waals surface area contributed by atoms with Crippen LogP contribution in [0.2, 0.25) is 5.02 Å². The van der Waals surface area contributed by atoms with Crippen LogP contribution in [0.5, 0.6) is 0 Å². The van der Waals surface area contributed by atoms with Crippen molar-refractivity contribution in [3.05, 3.63) is 29.3 Å². The molecule has 0 atom stereocenters. The normalized spacial score (nSPS) is 11.4. The number of nitrogens with zero attached hydrogens (tertiary/aromatic N) is 3. The highest BCUT2D eigenvalue weighted by atomic mass is 35.5. The van der Waals surface area contributed by atoms with Gasteiger partial charge in [0.15, 0.2) is 0 Å². The molecule has 3 nitrogen and oxygen atoms in total. The lowest BCUT2D eigenvalue weighted by molar-refractivity contribution is 0.805. The van der Waals surface area contributed by atoms with Crippen molar-refractivity contribution in [3.63, 3.8) is 0 Å². The highest BCUT2D eigenvalue weighted by Crippen LogP contribution is 2.16. The van der Waals surface area contributed by atoms with Gasteiger partial charge < -0.3 is 0 Å². The van der Waals surface area contributed by atoms with Gasteiger partial charge in [-0.25, -0.2) is 9.97 Å². The van der Waals surface area contributed by atoms with E-state index < -0.39 is 0 Å². The Morgan fingerprint density at radius 2 is 2.00 bits per heavy atom. The highest BCUT2D eigenvalue weighted by molar-refractivity contribution is 6.30. The predicted molar refractivity (Wildman–Crippen MR) is 52.1 cm³/mol. The lowest BCUT2D eigenvalue weighted by Crippen LogP contribution is -1.95. The Balaban J connectivity index is 2.71. The van der Waals surface area contributed by atoms with E-state index in [1.165, 1.54) is 0 Å². The largest absolute Gasteiger partial charge is 0.286 e.